The van der Waals surface area contributed by atoms with Crippen LogP contribution in [-0.2, 0) is 23.1 Å². The van der Waals surface area contributed by atoms with E-state index in [0.717, 1.165) is 17.9 Å². The molecule has 1 aromatic heterocycles. The molecule has 1 unspecified atom stereocenters. The van der Waals surface area contributed by atoms with Gasteiger partial charge in [0.05, 0.1) is 21.4 Å². The second-order valence-electron chi connectivity index (χ2n) is 4.02. The minimum absolute atomic E-state index is 0.335. The largest absolute Gasteiger partial charge is 0.398 e. The lowest BCUT2D eigenvalue weighted by atomic mass is 10.2. The van der Waals surface area contributed by atoms with Gasteiger partial charge in [0.25, 0.3) is 0 Å². The Morgan fingerprint density at radius 1 is 1.44 bits per heavy atom. The second kappa shape index (κ2) is 5.30. The molecule has 6 heteroatoms. The molecule has 0 fully saturated rings. The quantitative estimate of drug-likeness (QED) is 0.849. The van der Waals surface area contributed by atoms with Crippen LogP contribution in [0.4, 0.5) is 5.69 Å². The van der Waals surface area contributed by atoms with Gasteiger partial charge in [0, 0.05) is 12.2 Å². The summed E-state index contributed by atoms with van der Waals surface area (Å²) >= 11 is 0. The summed E-state index contributed by atoms with van der Waals surface area (Å²) in [5.74, 6) is 1.05. The van der Waals surface area contributed by atoms with E-state index in [1.54, 1.807) is 10.7 Å². The standard InChI is InChI=1S/C12H16N4OS/c1-3-16-12(14-8-15-16)7-18(17)11-6-9(2)4-5-10(11)13/h4-6,8H,3,7,13H2,1-2H3. The molecule has 0 saturated heterocycles. The predicted octanol–water partition coefficient (Wildman–Crippen LogP) is 1.50. The lowest BCUT2D eigenvalue weighted by molar-refractivity contribution is 0.627. The van der Waals surface area contributed by atoms with Crippen LogP contribution in [-0.4, -0.2) is 19.0 Å². The Labute approximate surface area is 108 Å². The zero-order valence-corrected chi connectivity index (χ0v) is 11.3. The molecule has 1 heterocycles. The molecule has 0 aliphatic rings. The number of aryl methyl sites for hydroxylation is 2. The van der Waals surface area contributed by atoms with E-state index in [9.17, 15) is 4.21 Å². The van der Waals surface area contributed by atoms with Crippen molar-refractivity contribution in [2.45, 2.75) is 31.0 Å². The fraction of sp³-hybridized carbons (Fsp3) is 0.333. The van der Waals surface area contributed by atoms with E-state index in [0.29, 0.717) is 16.3 Å². The Kier molecular flexibility index (Phi) is 3.76. The van der Waals surface area contributed by atoms with Gasteiger partial charge in [-0.25, -0.2) is 9.67 Å². The highest BCUT2D eigenvalue weighted by Gasteiger charge is 2.12. The summed E-state index contributed by atoms with van der Waals surface area (Å²) in [6.07, 6.45) is 1.48. The first-order chi connectivity index (χ1) is 8.61. The van der Waals surface area contributed by atoms with Crippen LogP contribution >= 0.6 is 0 Å². The Balaban J connectivity index is 2.25. The Morgan fingerprint density at radius 3 is 2.94 bits per heavy atom. The molecule has 0 spiro atoms. The van der Waals surface area contributed by atoms with E-state index in [-0.39, 0.29) is 0 Å². The van der Waals surface area contributed by atoms with Crippen molar-refractivity contribution in [3.05, 3.63) is 35.9 Å². The van der Waals surface area contributed by atoms with Gasteiger partial charge in [0.1, 0.15) is 12.2 Å². The number of anilines is 1. The van der Waals surface area contributed by atoms with Crippen LogP contribution in [0.1, 0.15) is 18.3 Å². The second-order valence-corrected chi connectivity index (χ2v) is 5.44. The molecule has 1 aromatic carbocycles. The first-order valence-electron chi connectivity index (χ1n) is 5.73. The van der Waals surface area contributed by atoms with Gasteiger partial charge in [-0.05, 0) is 31.5 Å². The van der Waals surface area contributed by atoms with Crippen LogP contribution in [0.15, 0.2) is 29.4 Å². The van der Waals surface area contributed by atoms with Crippen molar-refractivity contribution < 1.29 is 4.21 Å². The van der Waals surface area contributed by atoms with Gasteiger partial charge >= 0.3 is 0 Å². The van der Waals surface area contributed by atoms with Crippen molar-refractivity contribution in [3.63, 3.8) is 0 Å². The minimum atomic E-state index is -1.19. The van der Waals surface area contributed by atoms with Crippen LogP contribution in [0.3, 0.4) is 0 Å². The molecule has 0 aliphatic carbocycles. The van der Waals surface area contributed by atoms with Crippen LogP contribution in [0.5, 0.6) is 0 Å². The van der Waals surface area contributed by atoms with Crippen LogP contribution < -0.4 is 5.73 Å². The van der Waals surface area contributed by atoms with Crippen molar-refractivity contribution in [3.8, 4) is 0 Å². The van der Waals surface area contributed by atoms with E-state index in [1.807, 2.05) is 26.0 Å². The highest BCUT2D eigenvalue weighted by molar-refractivity contribution is 7.84. The van der Waals surface area contributed by atoms with Gasteiger partial charge in [-0.1, -0.05) is 6.07 Å². The summed E-state index contributed by atoms with van der Waals surface area (Å²) in [7, 11) is -1.19. The molecule has 0 bridgehead atoms. The number of aromatic nitrogens is 3. The molecule has 0 radical (unpaired) electrons. The number of nitrogens with two attached hydrogens (primary N) is 1. The van der Waals surface area contributed by atoms with Gasteiger partial charge in [0.2, 0.25) is 0 Å². The molecule has 5 nitrogen and oxygen atoms in total. The summed E-state index contributed by atoms with van der Waals surface area (Å²) in [6, 6.07) is 5.55. The van der Waals surface area contributed by atoms with Crippen molar-refractivity contribution in [2.75, 3.05) is 5.73 Å². The zero-order valence-electron chi connectivity index (χ0n) is 10.5. The summed E-state index contributed by atoms with van der Waals surface area (Å²) < 4.78 is 14.0. The first-order valence-corrected chi connectivity index (χ1v) is 7.05. The smallest absolute Gasteiger partial charge is 0.139 e. The van der Waals surface area contributed by atoms with E-state index in [1.165, 1.54) is 6.33 Å². The summed E-state index contributed by atoms with van der Waals surface area (Å²) in [4.78, 5) is 4.79. The molecular weight excluding hydrogens is 248 g/mol. The zero-order chi connectivity index (χ0) is 13.1. The number of nitrogen functional groups attached to an aromatic ring is 1. The molecule has 2 N–H and O–H groups in total. The maximum absolute atomic E-state index is 12.3. The number of benzene rings is 1. The maximum atomic E-state index is 12.3. The van der Waals surface area contributed by atoms with Crippen LogP contribution in [0, 0.1) is 6.92 Å². The average Bonchev–Trinajstić information content (AvgIpc) is 2.79. The summed E-state index contributed by atoms with van der Waals surface area (Å²) in [6.45, 7) is 4.65. The number of hydrogen-bond donors (Lipinski definition) is 1. The van der Waals surface area contributed by atoms with Gasteiger partial charge in [0.15, 0.2) is 0 Å². The van der Waals surface area contributed by atoms with Crippen molar-refractivity contribution in [1.82, 2.24) is 14.8 Å². The molecule has 2 aromatic rings. The van der Waals surface area contributed by atoms with Gasteiger partial charge in [-0.3, -0.25) is 4.21 Å². The SMILES string of the molecule is CCn1ncnc1CS(=O)c1cc(C)ccc1N. The number of nitrogens with zero attached hydrogens (tertiary/aromatic N) is 3. The molecule has 0 aliphatic heterocycles. The molecule has 1 atom stereocenters. The lowest BCUT2D eigenvalue weighted by Crippen LogP contribution is -2.08. The lowest BCUT2D eigenvalue weighted by Gasteiger charge is -2.07. The Hall–Kier alpha value is -1.69. The van der Waals surface area contributed by atoms with Crippen molar-refractivity contribution in [2.24, 2.45) is 0 Å². The monoisotopic (exact) mass is 264 g/mol. The topological polar surface area (TPSA) is 73.8 Å². The molecule has 96 valence electrons. The average molecular weight is 264 g/mol. The first kappa shape index (κ1) is 12.8. The van der Waals surface area contributed by atoms with Gasteiger partial charge < -0.3 is 5.73 Å². The van der Waals surface area contributed by atoms with E-state index < -0.39 is 10.8 Å². The van der Waals surface area contributed by atoms with Crippen LogP contribution in [0.25, 0.3) is 0 Å². The van der Waals surface area contributed by atoms with Crippen molar-refractivity contribution in [1.29, 1.82) is 0 Å². The molecular formula is C12H16N4OS. The molecule has 18 heavy (non-hydrogen) atoms. The van der Waals surface area contributed by atoms with Crippen LogP contribution in [0.2, 0.25) is 0 Å². The fourth-order valence-corrected chi connectivity index (χ4v) is 2.96. The molecule has 2 rings (SSSR count). The Morgan fingerprint density at radius 2 is 2.22 bits per heavy atom. The maximum Gasteiger partial charge on any atom is 0.139 e. The third-order valence-electron chi connectivity index (χ3n) is 2.67. The van der Waals surface area contributed by atoms with Gasteiger partial charge in [-0.2, -0.15) is 5.10 Å². The molecule has 0 amide bonds. The number of rotatable bonds is 4. The minimum Gasteiger partial charge on any atom is -0.398 e. The predicted molar refractivity (Wildman–Crippen MR) is 71.4 cm³/mol. The summed E-state index contributed by atoms with van der Waals surface area (Å²) in [5, 5.41) is 4.06. The molecule has 0 saturated carbocycles. The Bertz CT molecular complexity index is 579. The number of hydrogen-bond acceptors (Lipinski definition) is 4. The highest BCUT2D eigenvalue weighted by Crippen LogP contribution is 2.20. The fourth-order valence-electron chi connectivity index (χ4n) is 1.70. The van der Waals surface area contributed by atoms with E-state index in [2.05, 4.69) is 10.1 Å². The highest BCUT2D eigenvalue weighted by atomic mass is 32.2. The summed E-state index contributed by atoms with van der Waals surface area (Å²) in [5.41, 5.74) is 7.46. The third kappa shape index (κ3) is 2.59. The third-order valence-corrected chi connectivity index (χ3v) is 4.03. The van der Waals surface area contributed by atoms with Gasteiger partial charge in [-0.15, -0.1) is 0 Å². The normalized spacial score (nSPS) is 12.6. The van der Waals surface area contributed by atoms with Crippen molar-refractivity contribution >= 4 is 16.5 Å². The van der Waals surface area contributed by atoms with E-state index >= 15 is 0 Å². The van der Waals surface area contributed by atoms with E-state index in [4.69, 9.17) is 5.73 Å².